The molecule has 0 bridgehead atoms. The van der Waals surface area contributed by atoms with Crippen LogP contribution in [0.1, 0.15) is 22.5 Å². The third-order valence-corrected chi connectivity index (χ3v) is 4.02. The van der Waals surface area contributed by atoms with Gasteiger partial charge in [-0.2, -0.15) is 0 Å². The highest BCUT2D eigenvalue weighted by molar-refractivity contribution is 7.80. The largest absolute Gasteiger partial charge is 0.491 e. The second-order valence-corrected chi connectivity index (χ2v) is 6.23. The van der Waals surface area contributed by atoms with Gasteiger partial charge in [-0.1, -0.05) is 42.5 Å². The monoisotopic (exact) mass is 380 g/mol. The lowest BCUT2D eigenvalue weighted by Gasteiger charge is -2.14. The Morgan fingerprint density at radius 3 is 2.56 bits per heavy atom. The Hall–Kier alpha value is -3.12. The molecule has 0 atom stereocenters. The van der Waals surface area contributed by atoms with Gasteiger partial charge < -0.3 is 14.5 Å². The molecule has 2 N–H and O–H groups in total. The molecule has 2 aromatic carbocycles. The standard InChI is InChI=1S/C21H20N2O3S/c24-20(19-13-7-15-26-19)23-21(27)22-17-11-4-5-12-18(17)25-14-6-10-16-8-2-1-3-9-16/h1-5,7-9,11-13,15H,6,10,14H2,(H2,22,23,24,27). The molecule has 1 heterocycles. The second-order valence-electron chi connectivity index (χ2n) is 5.82. The molecule has 0 aliphatic carbocycles. The van der Waals surface area contributed by atoms with Crippen LogP contribution in [0.3, 0.4) is 0 Å². The number of ether oxygens (including phenoxy) is 1. The molecule has 0 saturated heterocycles. The number of hydrogen-bond acceptors (Lipinski definition) is 4. The number of benzene rings is 2. The summed E-state index contributed by atoms with van der Waals surface area (Å²) in [6, 6.07) is 21.0. The summed E-state index contributed by atoms with van der Waals surface area (Å²) in [4.78, 5) is 12.0. The smallest absolute Gasteiger partial charge is 0.293 e. The lowest BCUT2D eigenvalue weighted by molar-refractivity contribution is 0.0950. The molecule has 0 radical (unpaired) electrons. The fourth-order valence-electron chi connectivity index (χ4n) is 2.52. The zero-order valence-corrected chi connectivity index (χ0v) is 15.5. The Kier molecular flexibility index (Phi) is 6.60. The van der Waals surface area contributed by atoms with Gasteiger partial charge in [-0.25, -0.2) is 0 Å². The Morgan fingerprint density at radius 2 is 1.78 bits per heavy atom. The molecule has 0 unspecified atom stereocenters. The van der Waals surface area contributed by atoms with Gasteiger partial charge in [0.05, 0.1) is 18.6 Å². The number of furan rings is 1. The van der Waals surface area contributed by atoms with Gasteiger partial charge in [0.25, 0.3) is 5.91 Å². The first kappa shape index (κ1) is 18.7. The number of hydrogen-bond donors (Lipinski definition) is 2. The van der Waals surface area contributed by atoms with E-state index in [1.165, 1.54) is 11.8 Å². The Balaban J connectivity index is 1.51. The van der Waals surface area contributed by atoms with Gasteiger partial charge >= 0.3 is 0 Å². The van der Waals surface area contributed by atoms with E-state index in [2.05, 4.69) is 22.8 Å². The summed E-state index contributed by atoms with van der Waals surface area (Å²) < 4.78 is 10.9. The number of amides is 1. The lowest BCUT2D eigenvalue weighted by Crippen LogP contribution is -2.34. The third kappa shape index (κ3) is 5.69. The van der Waals surface area contributed by atoms with Crippen molar-refractivity contribution in [1.82, 2.24) is 5.32 Å². The lowest BCUT2D eigenvalue weighted by atomic mass is 10.1. The van der Waals surface area contributed by atoms with E-state index in [-0.39, 0.29) is 10.9 Å². The Morgan fingerprint density at radius 1 is 1.00 bits per heavy atom. The first-order valence-electron chi connectivity index (χ1n) is 8.64. The van der Waals surface area contributed by atoms with E-state index in [9.17, 15) is 4.79 Å². The number of anilines is 1. The predicted molar refractivity (Wildman–Crippen MR) is 109 cm³/mol. The van der Waals surface area contributed by atoms with E-state index < -0.39 is 5.91 Å². The van der Waals surface area contributed by atoms with Crippen molar-refractivity contribution in [3.8, 4) is 5.75 Å². The predicted octanol–water partition coefficient (Wildman–Crippen LogP) is 4.42. The van der Waals surface area contributed by atoms with Crippen molar-refractivity contribution < 1.29 is 13.9 Å². The van der Waals surface area contributed by atoms with Gasteiger partial charge in [-0.05, 0) is 54.9 Å². The molecule has 0 aliphatic heterocycles. The molecular weight excluding hydrogens is 360 g/mol. The molecule has 5 nitrogen and oxygen atoms in total. The fourth-order valence-corrected chi connectivity index (χ4v) is 2.73. The molecule has 1 aromatic heterocycles. The average molecular weight is 380 g/mol. The minimum atomic E-state index is -0.404. The van der Waals surface area contributed by atoms with Crippen LogP contribution in [0.4, 0.5) is 5.69 Å². The van der Waals surface area contributed by atoms with Gasteiger partial charge in [0.15, 0.2) is 10.9 Å². The van der Waals surface area contributed by atoms with E-state index >= 15 is 0 Å². The summed E-state index contributed by atoms with van der Waals surface area (Å²) in [5.74, 6) is 0.475. The summed E-state index contributed by atoms with van der Waals surface area (Å²) in [6.07, 6.45) is 3.29. The highest BCUT2D eigenvalue weighted by Crippen LogP contribution is 2.24. The van der Waals surface area contributed by atoms with Crippen LogP contribution in [0.25, 0.3) is 0 Å². The van der Waals surface area contributed by atoms with E-state index in [4.69, 9.17) is 21.4 Å². The topological polar surface area (TPSA) is 63.5 Å². The van der Waals surface area contributed by atoms with Gasteiger partial charge in [0.1, 0.15) is 5.75 Å². The molecule has 0 saturated carbocycles. The zero-order valence-electron chi connectivity index (χ0n) is 14.7. The van der Waals surface area contributed by atoms with Crippen molar-refractivity contribution in [2.75, 3.05) is 11.9 Å². The number of para-hydroxylation sites is 2. The minimum absolute atomic E-state index is 0.178. The number of thiocarbonyl (C=S) groups is 1. The van der Waals surface area contributed by atoms with Gasteiger partial charge in [-0.3, -0.25) is 10.1 Å². The van der Waals surface area contributed by atoms with Crippen molar-refractivity contribution in [3.05, 3.63) is 84.3 Å². The first-order chi connectivity index (χ1) is 13.2. The summed E-state index contributed by atoms with van der Waals surface area (Å²) in [6.45, 7) is 0.582. The maximum absolute atomic E-state index is 12.0. The maximum atomic E-state index is 12.0. The highest BCUT2D eigenvalue weighted by Gasteiger charge is 2.11. The molecule has 0 fully saturated rings. The molecule has 27 heavy (non-hydrogen) atoms. The minimum Gasteiger partial charge on any atom is -0.491 e. The van der Waals surface area contributed by atoms with Crippen LogP contribution in [0.2, 0.25) is 0 Å². The number of nitrogens with one attached hydrogen (secondary N) is 2. The number of carbonyl (C=O) groups is 1. The van der Waals surface area contributed by atoms with Crippen molar-refractivity contribution in [1.29, 1.82) is 0 Å². The molecule has 3 aromatic rings. The van der Waals surface area contributed by atoms with E-state index in [1.807, 2.05) is 42.5 Å². The van der Waals surface area contributed by atoms with Crippen LogP contribution in [-0.4, -0.2) is 17.6 Å². The van der Waals surface area contributed by atoms with Crippen molar-refractivity contribution in [2.45, 2.75) is 12.8 Å². The fraction of sp³-hybridized carbons (Fsp3) is 0.143. The normalized spacial score (nSPS) is 10.2. The van der Waals surface area contributed by atoms with Gasteiger partial charge in [0, 0.05) is 0 Å². The Labute approximate surface area is 163 Å². The van der Waals surface area contributed by atoms with Crippen LogP contribution >= 0.6 is 12.2 Å². The first-order valence-corrected chi connectivity index (χ1v) is 9.05. The number of rotatable bonds is 7. The summed E-state index contributed by atoms with van der Waals surface area (Å²) in [5.41, 5.74) is 1.98. The SMILES string of the molecule is O=C(NC(=S)Nc1ccccc1OCCCc1ccccc1)c1ccco1. The maximum Gasteiger partial charge on any atom is 0.293 e. The van der Waals surface area contributed by atoms with Gasteiger partial charge in [-0.15, -0.1) is 0 Å². The van der Waals surface area contributed by atoms with Crippen LogP contribution < -0.4 is 15.4 Å². The Bertz CT molecular complexity index is 879. The number of carbonyl (C=O) groups excluding carboxylic acids is 1. The zero-order chi connectivity index (χ0) is 18.9. The van der Waals surface area contributed by atoms with Crippen LogP contribution in [0, 0.1) is 0 Å². The van der Waals surface area contributed by atoms with Crippen LogP contribution in [0.15, 0.2) is 77.4 Å². The molecule has 0 aliphatic rings. The van der Waals surface area contributed by atoms with Crippen molar-refractivity contribution in [2.24, 2.45) is 0 Å². The van der Waals surface area contributed by atoms with Gasteiger partial charge in [0.2, 0.25) is 0 Å². The third-order valence-electron chi connectivity index (χ3n) is 3.82. The van der Waals surface area contributed by atoms with Crippen molar-refractivity contribution >= 4 is 28.9 Å². The molecule has 0 spiro atoms. The van der Waals surface area contributed by atoms with Crippen LogP contribution in [0.5, 0.6) is 5.75 Å². The second kappa shape index (κ2) is 9.54. The summed E-state index contributed by atoms with van der Waals surface area (Å²) in [7, 11) is 0. The average Bonchev–Trinajstić information content (AvgIpc) is 3.22. The number of aryl methyl sites for hydroxylation is 1. The molecule has 3 rings (SSSR count). The van der Waals surface area contributed by atoms with Crippen molar-refractivity contribution in [3.63, 3.8) is 0 Å². The summed E-state index contributed by atoms with van der Waals surface area (Å²) >= 11 is 5.20. The molecular formula is C21H20N2O3S. The van der Waals surface area contributed by atoms with Crippen LogP contribution in [-0.2, 0) is 6.42 Å². The van der Waals surface area contributed by atoms with E-state index in [0.717, 1.165) is 12.8 Å². The quantitative estimate of drug-likeness (QED) is 0.469. The summed E-state index contributed by atoms with van der Waals surface area (Å²) in [5, 5.41) is 5.75. The van der Waals surface area contributed by atoms with E-state index in [1.54, 1.807) is 12.1 Å². The van der Waals surface area contributed by atoms with E-state index in [0.29, 0.717) is 18.0 Å². The molecule has 1 amide bonds. The molecule has 138 valence electrons. The highest BCUT2D eigenvalue weighted by atomic mass is 32.1. The molecule has 6 heteroatoms.